The van der Waals surface area contributed by atoms with Crippen LogP contribution in [-0.4, -0.2) is 20.7 Å². The first-order chi connectivity index (χ1) is 8.95. The van der Waals surface area contributed by atoms with Crippen molar-refractivity contribution in [3.8, 4) is 0 Å². The third-order valence-electron chi connectivity index (χ3n) is 2.62. The number of halogens is 1. The van der Waals surface area contributed by atoms with Crippen molar-refractivity contribution in [1.29, 1.82) is 0 Å². The summed E-state index contributed by atoms with van der Waals surface area (Å²) in [7, 11) is 1.79. The van der Waals surface area contributed by atoms with Crippen LogP contribution in [0, 0.1) is 0 Å². The molecule has 2 heterocycles. The number of hydrogen-bond donors (Lipinski definition) is 1. The van der Waals surface area contributed by atoms with Crippen LogP contribution in [0.1, 0.15) is 35.8 Å². The minimum Gasteiger partial charge on any atom is -0.305 e. The van der Waals surface area contributed by atoms with Gasteiger partial charge in [0.25, 0.3) is 5.91 Å². The number of aromatic nitrogens is 3. The van der Waals surface area contributed by atoms with E-state index in [2.05, 4.69) is 15.4 Å². The lowest BCUT2D eigenvalue weighted by atomic mass is 10.1. The van der Waals surface area contributed by atoms with Gasteiger partial charge < -0.3 is 5.32 Å². The fourth-order valence-electron chi connectivity index (χ4n) is 1.61. The molecule has 0 atom stereocenters. The first kappa shape index (κ1) is 13.5. The maximum atomic E-state index is 12.1. The van der Waals surface area contributed by atoms with Gasteiger partial charge in [0.2, 0.25) is 0 Å². The number of rotatable bonds is 3. The Hall–Kier alpha value is -1.88. The zero-order chi connectivity index (χ0) is 14.0. The van der Waals surface area contributed by atoms with E-state index in [1.165, 1.54) is 0 Å². The van der Waals surface area contributed by atoms with Crippen LogP contribution in [0.2, 0.25) is 5.15 Å². The number of aryl methyl sites for hydroxylation is 1. The molecule has 2 aromatic rings. The minimum absolute atomic E-state index is 0.208. The molecule has 0 fully saturated rings. The van der Waals surface area contributed by atoms with E-state index in [1.54, 1.807) is 36.1 Å². The van der Waals surface area contributed by atoms with E-state index in [0.717, 1.165) is 5.69 Å². The summed E-state index contributed by atoms with van der Waals surface area (Å²) in [6.45, 7) is 4.00. The fourth-order valence-corrected chi connectivity index (χ4v) is 1.83. The Labute approximate surface area is 116 Å². The molecule has 0 aliphatic carbocycles. The number of anilines is 1. The normalized spacial score (nSPS) is 10.8. The molecule has 5 nitrogen and oxygen atoms in total. The molecule has 0 aliphatic rings. The second-order valence-corrected chi connectivity index (χ2v) is 4.97. The van der Waals surface area contributed by atoms with Gasteiger partial charge in [-0.1, -0.05) is 25.4 Å². The molecule has 100 valence electrons. The van der Waals surface area contributed by atoms with Crippen molar-refractivity contribution in [2.45, 2.75) is 19.8 Å². The molecular weight excluding hydrogens is 264 g/mol. The Morgan fingerprint density at radius 1 is 1.42 bits per heavy atom. The predicted molar refractivity (Wildman–Crippen MR) is 74.5 cm³/mol. The third-order valence-corrected chi connectivity index (χ3v) is 2.82. The standard InChI is InChI=1S/C13H15ClN4O/c1-8(2)10-6-9(7-11(14)15-10)13(19)16-12-4-5-18(3)17-12/h4-8H,1-3H3,(H,16,17,19). The molecule has 0 aromatic carbocycles. The van der Waals surface area contributed by atoms with Crippen LogP contribution in [0.5, 0.6) is 0 Å². The highest BCUT2D eigenvalue weighted by atomic mass is 35.5. The Kier molecular flexibility index (Phi) is 3.85. The molecule has 0 saturated heterocycles. The number of pyridine rings is 1. The lowest BCUT2D eigenvalue weighted by Gasteiger charge is -2.08. The molecule has 1 amide bonds. The van der Waals surface area contributed by atoms with E-state index in [9.17, 15) is 4.79 Å². The molecule has 1 N–H and O–H groups in total. The number of carbonyl (C=O) groups excluding carboxylic acids is 1. The van der Waals surface area contributed by atoms with Crippen molar-refractivity contribution in [3.05, 3.63) is 40.8 Å². The van der Waals surface area contributed by atoms with Gasteiger partial charge in [-0.3, -0.25) is 9.48 Å². The number of nitrogens with one attached hydrogen (secondary N) is 1. The van der Waals surface area contributed by atoms with Crippen molar-refractivity contribution in [1.82, 2.24) is 14.8 Å². The molecule has 0 spiro atoms. The van der Waals surface area contributed by atoms with Crippen molar-refractivity contribution >= 4 is 23.3 Å². The Morgan fingerprint density at radius 2 is 2.16 bits per heavy atom. The van der Waals surface area contributed by atoms with Gasteiger partial charge >= 0.3 is 0 Å². The minimum atomic E-state index is -0.245. The van der Waals surface area contributed by atoms with Crippen LogP contribution in [0.25, 0.3) is 0 Å². The highest BCUT2D eigenvalue weighted by molar-refractivity contribution is 6.29. The average molecular weight is 279 g/mol. The summed E-state index contributed by atoms with van der Waals surface area (Å²) < 4.78 is 1.62. The van der Waals surface area contributed by atoms with Crippen LogP contribution < -0.4 is 5.32 Å². The van der Waals surface area contributed by atoms with E-state index in [1.807, 2.05) is 13.8 Å². The zero-order valence-electron chi connectivity index (χ0n) is 11.0. The number of amides is 1. The lowest BCUT2D eigenvalue weighted by molar-refractivity contribution is 0.102. The van der Waals surface area contributed by atoms with E-state index >= 15 is 0 Å². The van der Waals surface area contributed by atoms with Gasteiger partial charge in [-0.05, 0) is 18.1 Å². The van der Waals surface area contributed by atoms with Gasteiger partial charge in [0, 0.05) is 30.6 Å². The second-order valence-electron chi connectivity index (χ2n) is 4.59. The largest absolute Gasteiger partial charge is 0.305 e. The summed E-state index contributed by atoms with van der Waals surface area (Å²) in [5, 5.41) is 7.12. The van der Waals surface area contributed by atoms with Gasteiger partial charge in [0.15, 0.2) is 5.82 Å². The van der Waals surface area contributed by atoms with Crippen LogP contribution >= 0.6 is 11.6 Å². The fraction of sp³-hybridized carbons (Fsp3) is 0.308. The van der Waals surface area contributed by atoms with Crippen LogP contribution in [-0.2, 0) is 7.05 Å². The molecule has 0 unspecified atom stereocenters. The third kappa shape index (κ3) is 3.32. The molecule has 0 aliphatic heterocycles. The SMILES string of the molecule is CC(C)c1cc(C(=O)Nc2ccn(C)n2)cc(Cl)n1. The highest BCUT2D eigenvalue weighted by Gasteiger charge is 2.12. The first-order valence-corrected chi connectivity index (χ1v) is 6.32. The van der Waals surface area contributed by atoms with E-state index in [0.29, 0.717) is 16.5 Å². The van der Waals surface area contributed by atoms with Gasteiger partial charge in [0.1, 0.15) is 5.15 Å². The lowest BCUT2D eigenvalue weighted by Crippen LogP contribution is -2.13. The van der Waals surface area contributed by atoms with Crippen molar-refractivity contribution < 1.29 is 4.79 Å². The van der Waals surface area contributed by atoms with Crippen molar-refractivity contribution in [2.75, 3.05) is 5.32 Å². The van der Waals surface area contributed by atoms with Crippen LogP contribution in [0.3, 0.4) is 0 Å². The Morgan fingerprint density at radius 3 is 2.74 bits per heavy atom. The molecule has 0 bridgehead atoms. The predicted octanol–water partition coefficient (Wildman–Crippen LogP) is 2.84. The summed E-state index contributed by atoms with van der Waals surface area (Å²) >= 11 is 5.93. The number of carbonyl (C=O) groups is 1. The second kappa shape index (κ2) is 5.40. The molecule has 2 aromatic heterocycles. The highest BCUT2D eigenvalue weighted by Crippen LogP contribution is 2.18. The monoisotopic (exact) mass is 278 g/mol. The molecule has 6 heteroatoms. The van der Waals surface area contributed by atoms with E-state index in [4.69, 9.17) is 11.6 Å². The van der Waals surface area contributed by atoms with Gasteiger partial charge in [0.05, 0.1) is 0 Å². The summed E-state index contributed by atoms with van der Waals surface area (Å²) in [6, 6.07) is 5.02. The van der Waals surface area contributed by atoms with Gasteiger partial charge in [-0.15, -0.1) is 0 Å². The van der Waals surface area contributed by atoms with Gasteiger partial charge in [-0.25, -0.2) is 4.98 Å². The summed E-state index contributed by atoms with van der Waals surface area (Å²) in [6.07, 6.45) is 1.76. The van der Waals surface area contributed by atoms with Crippen molar-refractivity contribution in [2.24, 2.45) is 7.05 Å². The first-order valence-electron chi connectivity index (χ1n) is 5.94. The van der Waals surface area contributed by atoms with E-state index < -0.39 is 0 Å². The molecule has 2 rings (SSSR count). The molecule has 0 radical (unpaired) electrons. The maximum absolute atomic E-state index is 12.1. The average Bonchev–Trinajstić information content (AvgIpc) is 2.73. The summed E-state index contributed by atoms with van der Waals surface area (Å²) in [5.41, 5.74) is 1.27. The zero-order valence-corrected chi connectivity index (χ0v) is 11.8. The van der Waals surface area contributed by atoms with Gasteiger partial charge in [-0.2, -0.15) is 5.10 Å². The maximum Gasteiger partial charge on any atom is 0.257 e. The van der Waals surface area contributed by atoms with E-state index in [-0.39, 0.29) is 11.8 Å². The topological polar surface area (TPSA) is 59.8 Å². The molecule has 0 saturated carbocycles. The summed E-state index contributed by atoms with van der Waals surface area (Å²) in [5.74, 6) is 0.469. The number of hydrogen-bond acceptors (Lipinski definition) is 3. The Bertz CT molecular complexity index is 606. The summed E-state index contributed by atoms with van der Waals surface area (Å²) in [4.78, 5) is 16.3. The smallest absolute Gasteiger partial charge is 0.257 e. The van der Waals surface area contributed by atoms with Crippen LogP contribution in [0.4, 0.5) is 5.82 Å². The molecular formula is C13H15ClN4O. The molecule has 19 heavy (non-hydrogen) atoms. The van der Waals surface area contributed by atoms with Crippen LogP contribution in [0.15, 0.2) is 24.4 Å². The van der Waals surface area contributed by atoms with Crippen molar-refractivity contribution in [3.63, 3.8) is 0 Å². The Balaban J connectivity index is 2.23. The quantitative estimate of drug-likeness (QED) is 0.878. The number of nitrogens with zero attached hydrogens (tertiary/aromatic N) is 3.